The number of sulfonamides is 1. The van der Waals surface area contributed by atoms with Crippen LogP contribution in [0.1, 0.15) is 12.0 Å². The first-order valence-corrected chi connectivity index (χ1v) is 7.26. The molecule has 1 saturated heterocycles. The van der Waals surface area contributed by atoms with E-state index < -0.39 is 28.1 Å². The molecule has 1 unspecified atom stereocenters. The van der Waals surface area contributed by atoms with Gasteiger partial charge in [0.15, 0.2) is 0 Å². The van der Waals surface area contributed by atoms with Crippen molar-refractivity contribution in [2.24, 2.45) is 0 Å². The fourth-order valence-corrected chi connectivity index (χ4v) is 3.92. The fourth-order valence-electron chi connectivity index (χ4n) is 2.19. The van der Waals surface area contributed by atoms with Gasteiger partial charge in [-0.1, -0.05) is 12.1 Å². The van der Waals surface area contributed by atoms with Gasteiger partial charge < -0.3 is 10.2 Å². The highest BCUT2D eigenvalue weighted by Gasteiger charge is 2.43. The van der Waals surface area contributed by atoms with E-state index in [1.807, 2.05) is 0 Å². The first-order chi connectivity index (χ1) is 8.82. The Balaban J connectivity index is 2.41. The van der Waals surface area contributed by atoms with Gasteiger partial charge in [0.25, 0.3) is 0 Å². The quantitative estimate of drug-likeness (QED) is 0.827. The highest BCUT2D eigenvalue weighted by molar-refractivity contribution is 7.89. The third-order valence-electron chi connectivity index (χ3n) is 3.11. The van der Waals surface area contributed by atoms with E-state index in [0.29, 0.717) is 0 Å². The van der Waals surface area contributed by atoms with Crippen molar-refractivity contribution in [3.63, 3.8) is 0 Å². The second-order valence-electron chi connectivity index (χ2n) is 4.63. The zero-order valence-electron chi connectivity index (χ0n) is 10.4. The van der Waals surface area contributed by atoms with Crippen LogP contribution in [0.4, 0.5) is 0 Å². The van der Waals surface area contributed by atoms with Gasteiger partial charge in [-0.15, -0.1) is 0 Å². The minimum absolute atomic E-state index is 0.0489. The van der Waals surface area contributed by atoms with Gasteiger partial charge >= 0.3 is 5.97 Å². The molecule has 19 heavy (non-hydrogen) atoms. The Morgan fingerprint density at radius 2 is 2.11 bits per heavy atom. The van der Waals surface area contributed by atoms with Gasteiger partial charge in [-0.25, -0.2) is 8.42 Å². The second-order valence-corrected chi connectivity index (χ2v) is 6.53. The van der Waals surface area contributed by atoms with Gasteiger partial charge in [-0.3, -0.25) is 4.79 Å². The average Bonchev–Trinajstić information content (AvgIpc) is 2.72. The minimum atomic E-state index is -3.90. The normalized spacial score (nSPS) is 24.5. The molecule has 1 fully saturated rings. The van der Waals surface area contributed by atoms with E-state index in [2.05, 4.69) is 0 Å². The molecule has 6 nitrogen and oxygen atoms in total. The summed E-state index contributed by atoms with van der Waals surface area (Å²) in [6.45, 7) is 1.57. The van der Waals surface area contributed by atoms with E-state index in [4.69, 9.17) is 5.11 Å². The summed E-state index contributed by atoms with van der Waals surface area (Å²) in [6, 6.07) is 5.06. The van der Waals surface area contributed by atoms with E-state index in [1.165, 1.54) is 12.1 Å². The van der Waals surface area contributed by atoms with Crippen LogP contribution in [0.15, 0.2) is 29.2 Å². The van der Waals surface area contributed by atoms with Crippen LogP contribution < -0.4 is 0 Å². The topological polar surface area (TPSA) is 94.9 Å². The van der Waals surface area contributed by atoms with Crippen molar-refractivity contribution >= 4 is 16.0 Å². The largest absolute Gasteiger partial charge is 0.480 e. The van der Waals surface area contributed by atoms with E-state index in [1.54, 1.807) is 19.1 Å². The second kappa shape index (κ2) is 4.92. The number of benzene rings is 1. The third-order valence-corrected chi connectivity index (χ3v) is 4.99. The molecule has 7 heteroatoms. The van der Waals surface area contributed by atoms with Crippen LogP contribution in [0.25, 0.3) is 0 Å². The summed E-state index contributed by atoms with van der Waals surface area (Å²) < 4.78 is 25.7. The standard InChI is InChI=1S/C12H15NO5S/c1-8-3-2-4-10(5-8)19(17,18)13-7-9(14)6-11(13)12(15)16/h2-5,9,11,14H,6-7H2,1H3,(H,15,16)/t9?,11-/m1/s1. The maximum atomic E-state index is 12.4. The Kier molecular flexibility index (Phi) is 3.62. The lowest BCUT2D eigenvalue weighted by molar-refractivity contribution is -0.140. The Labute approximate surface area is 111 Å². The lowest BCUT2D eigenvalue weighted by atomic mass is 10.2. The summed E-state index contributed by atoms with van der Waals surface area (Å²) in [5.41, 5.74) is 0.771. The predicted molar refractivity (Wildman–Crippen MR) is 67.1 cm³/mol. The molecule has 1 heterocycles. The Morgan fingerprint density at radius 3 is 2.68 bits per heavy atom. The molecule has 0 spiro atoms. The number of nitrogens with zero attached hydrogens (tertiary/aromatic N) is 1. The Bertz CT molecular complexity index is 598. The molecule has 1 aromatic rings. The summed E-state index contributed by atoms with van der Waals surface area (Å²) in [4.78, 5) is 11.1. The number of aliphatic hydroxyl groups excluding tert-OH is 1. The molecule has 1 aliphatic rings. The van der Waals surface area contributed by atoms with Crippen LogP contribution in [-0.4, -0.2) is 47.6 Å². The SMILES string of the molecule is Cc1cccc(S(=O)(=O)N2CC(O)C[C@@H]2C(=O)O)c1. The molecule has 0 aromatic heterocycles. The molecule has 0 aliphatic carbocycles. The van der Waals surface area contributed by atoms with Crippen LogP contribution >= 0.6 is 0 Å². The smallest absolute Gasteiger partial charge is 0.322 e. The molecule has 0 radical (unpaired) electrons. The fraction of sp³-hybridized carbons (Fsp3) is 0.417. The molecule has 2 rings (SSSR count). The maximum Gasteiger partial charge on any atom is 0.322 e. The lowest BCUT2D eigenvalue weighted by Gasteiger charge is -2.20. The van der Waals surface area contributed by atoms with E-state index >= 15 is 0 Å². The van der Waals surface area contributed by atoms with E-state index in [-0.39, 0.29) is 17.9 Å². The van der Waals surface area contributed by atoms with Crippen molar-refractivity contribution < 1.29 is 23.4 Å². The maximum absolute atomic E-state index is 12.4. The van der Waals surface area contributed by atoms with Crippen molar-refractivity contribution in [1.82, 2.24) is 4.31 Å². The lowest BCUT2D eigenvalue weighted by Crippen LogP contribution is -2.40. The first-order valence-electron chi connectivity index (χ1n) is 5.82. The molecule has 1 aromatic carbocycles. The number of rotatable bonds is 3. The number of aryl methyl sites for hydroxylation is 1. The summed E-state index contributed by atoms with van der Waals surface area (Å²) in [6.07, 6.45) is -1.03. The summed E-state index contributed by atoms with van der Waals surface area (Å²) in [5, 5.41) is 18.6. The zero-order chi connectivity index (χ0) is 14.2. The summed E-state index contributed by atoms with van der Waals surface area (Å²) >= 11 is 0. The number of β-amino-alcohol motifs (C(OH)–C–C–N with tert-alkyl or cyclic N) is 1. The predicted octanol–water partition coefficient (Wildman–Crippen LogP) is 0.204. The van der Waals surface area contributed by atoms with Gasteiger partial charge in [0.1, 0.15) is 6.04 Å². The van der Waals surface area contributed by atoms with Gasteiger partial charge in [0.2, 0.25) is 10.0 Å². The molecule has 2 atom stereocenters. The van der Waals surface area contributed by atoms with Gasteiger partial charge in [-0.2, -0.15) is 4.31 Å². The number of carboxylic acids is 1. The van der Waals surface area contributed by atoms with E-state index in [9.17, 15) is 18.3 Å². The van der Waals surface area contributed by atoms with Crippen molar-refractivity contribution in [3.05, 3.63) is 29.8 Å². The van der Waals surface area contributed by atoms with Gasteiger partial charge in [0.05, 0.1) is 11.0 Å². The van der Waals surface area contributed by atoms with Gasteiger partial charge in [0, 0.05) is 13.0 Å². The monoisotopic (exact) mass is 285 g/mol. The minimum Gasteiger partial charge on any atom is -0.480 e. The van der Waals surface area contributed by atoms with Crippen molar-refractivity contribution in [2.75, 3.05) is 6.54 Å². The summed E-state index contributed by atoms with van der Waals surface area (Å²) in [5.74, 6) is -1.24. The van der Waals surface area contributed by atoms with Gasteiger partial charge in [-0.05, 0) is 24.6 Å². The number of aliphatic hydroxyl groups is 1. The van der Waals surface area contributed by atoms with Crippen LogP contribution in [0, 0.1) is 6.92 Å². The Hall–Kier alpha value is -1.44. The number of hydrogen-bond acceptors (Lipinski definition) is 4. The average molecular weight is 285 g/mol. The Morgan fingerprint density at radius 1 is 1.42 bits per heavy atom. The number of carbonyl (C=O) groups is 1. The first kappa shape index (κ1) is 14.0. The highest BCUT2D eigenvalue weighted by Crippen LogP contribution is 2.26. The zero-order valence-corrected chi connectivity index (χ0v) is 11.2. The molecule has 0 saturated carbocycles. The summed E-state index contributed by atoms with van der Waals surface area (Å²) in [7, 11) is -3.90. The van der Waals surface area contributed by atoms with Crippen molar-refractivity contribution in [2.45, 2.75) is 30.4 Å². The third kappa shape index (κ3) is 2.63. The van der Waals surface area contributed by atoms with Crippen molar-refractivity contribution in [3.8, 4) is 0 Å². The molecule has 104 valence electrons. The van der Waals surface area contributed by atoms with Crippen LogP contribution in [0.2, 0.25) is 0 Å². The van der Waals surface area contributed by atoms with Crippen molar-refractivity contribution in [1.29, 1.82) is 0 Å². The molecular weight excluding hydrogens is 270 g/mol. The molecule has 0 amide bonds. The highest BCUT2D eigenvalue weighted by atomic mass is 32.2. The van der Waals surface area contributed by atoms with E-state index in [0.717, 1.165) is 9.87 Å². The number of hydrogen-bond donors (Lipinski definition) is 2. The molecule has 2 N–H and O–H groups in total. The number of carboxylic acid groups (broad SMARTS) is 1. The van der Waals surface area contributed by atoms with Crippen LogP contribution in [-0.2, 0) is 14.8 Å². The molecular formula is C12H15NO5S. The van der Waals surface area contributed by atoms with Crippen LogP contribution in [0.3, 0.4) is 0 Å². The van der Waals surface area contributed by atoms with Crippen LogP contribution in [0.5, 0.6) is 0 Å². The molecule has 0 bridgehead atoms. The molecule has 1 aliphatic heterocycles. The number of aliphatic carboxylic acids is 1.